The third-order valence-electron chi connectivity index (χ3n) is 4.29. The second-order valence-electron chi connectivity index (χ2n) is 6.40. The number of aromatic nitrogens is 3. The average molecular weight is 472 g/mol. The van der Waals surface area contributed by atoms with Gasteiger partial charge in [-0.3, -0.25) is 9.36 Å². The Hall–Kier alpha value is -3.13. The summed E-state index contributed by atoms with van der Waals surface area (Å²) in [5, 5.41) is 20.5. The number of fused-ring (bicyclic) bond motifs is 1. The standard InChI is InChI=1S/C20H14ClN5O3S2/c21-14-5-6-15-16(9-14)29-20(28)26(15)8-7-17(27)23-18-24-25-19(31-18)30-11-13-3-1-12(10-22)2-4-13/h1-6,9H,7-8,11H2,(H,23,24,27). The number of oxazole rings is 1. The lowest BCUT2D eigenvalue weighted by Gasteiger charge is -2.02. The third-order valence-corrected chi connectivity index (χ3v) is 6.57. The monoisotopic (exact) mass is 471 g/mol. The van der Waals surface area contributed by atoms with Gasteiger partial charge in [0.15, 0.2) is 9.92 Å². The van der Waals surface area contributed by atoms with E-state index < -0.39 is 5.76 Å². The van der Waals surface area contributed by atoms with E-state index >= 15 is 0 Å². The molecule has 2 heterocycles. The Morgan fingerprint density at radius 3 is 2.84 bits per heavy atom. The van der Waals surface area contributed by atoms with Gasteiger partial charge in [0.05, 0.1) is 17.1 Å². The molecule has 8 nitrogen and oxygen atoms in total. The van der Waals surface area contributed by atoms with Crippen LogP contribution in [0.15, 0.2) is 56.0 Å². The van der Waals surface area contributed by atoms with Crippen molar-refractivity contribution < 1.29 is 9.21 Å². The van der Waals surface area contributed by atoms with Crippen LogP contribution in [0.2, 0.25) is 5.02 Å². The van der Waals surface area contributed by atoms with Crippen LogP contribution in [-0.4, -0.2) is 20.7 Å². The number of aryl methyl sites for hydroxylation is 1. The highest BCUT2D eigenvalue weighted by atomic mass is 35.5. The molecule has 4 aromatic rings. The van der Waals surface area contributed by atoms with Crippen LogP contribution in [0.5, 0.6) is 0 Å². The number of thioether (sulfide) groups is 1. The summed E-state index contributed by atoms with van der Waals surface area (Å²) in [4.78, 5) is 24.3. The predicted molar refractivity (Wildman–Crippen MR) is 119 cm³/mol. The summed E-state index contributed by atoms with van der Waals surface area (Å²) in [5.41, 5.74) is 2.64. The Balaban J connectivity index is 1.31. The molecule has 0 radical (unpaired) electrons. The van der Waals surface area contributed by atoms with Gasteiger partial charge >= 0.3 is 5.76 Å². The van der Waals surface area contributed by atoms with Gasteiger partial charge in [0.1, 0.15) is 0 Å². The fraction of sp³-hybridized carbons (Fsp3) is 0.150. The summed E-state index contributed by atoms with van der Waals surface area (Å²) >= 11 is 8.68. The highest BCUT2D eigenvalue weighted by Crippen LogP contribution is 2.28. The van der Waals surface area contributed by atoms with Crippen LogP contribution >= 0.6 is 34.7 Å². The fourth-order valence-electron chi connectivity index (χ4n) is 2.79. The second kappa shape index (κ2) is 9.34. The summed E-state index contributed by atoms with van der Waals surface area (Å²) < 4.78 is 7.27. The highest BCUT2D eigenvalue weighted by Gasteiger charge is 2.13. The second-order valence-corrected chi connectivity index (χ2v) is 9.04. The zero-order valence-electron chi connectivity index (χ0n) is 15.9. The lowest BCUT2D eigenvalue weighted by Crippen LogP contribution is -2.19. The molecule has 0 aliphatic rings. The maximum absolute atomic E-state index is 12.3. The number of anilines is 1. The summed E-state index contributed by atoms with van der Waals surface area (Å²) in [6.45, 7) is 0.165. The maximum atomic E-state index is 12.3. The fourth-order valence-corrected chi connectivity index (χ4v) is 4.67. The van der Waals surface area contributed by atoms with Gasteiger partial charge in [-0.25, -0.2) is 4.79 Å². The SMILES string of the molecule is N#Cc1ccc(CSc2nnc(NC(=O)CCn3c(=O)oc4cc(Cl)ccc43)s2)cc1. The highest BCUT2D eigenvalue weighted by molar-refractivity contribution is 8.00. The molecule has 2 aromatic heterocycles. The van der Waals surface area contributed by atoms with Crippen molar-refractivity contribution in [1.29, 1.82) is 5.26 Å². The minimum absolute atomic E-state index is 0.0739. The van der Waals surface area contributed by atoms with Crippen molar-refractivity contribution in [3.63, 3.8) is 0 Å². The van der Waals surface area contributed by atoms with Crippen LogP contribution in [0.3, 0.4) is 0 Å². The van der Waals surface area contributed by atoms with E-state index in [1.165, 1.54) is 27.7 Å². The molecule has 2 aromatic carbocycles. The number of hydrogen-bond donors (Lipinski definition) is 1. The van der Waals surface area contributed by atoms with Gasteiger partial charge in [0, 0.05) is 29.8 Å². The van der Waals surface area contributed by atoms with E-state index in [1.807, 2.05) is 12.1 Å². The quantitative estimate of drug-likeness (QED) is 0.316. The zero-order valence-corrected chi connectivity index (χ0v) is 18.3. The maximum Gasteiger partial charge on any atom is 0.419 e. The first kappa shape index (κ1) is 21.1. The van der Waals surface area contributed by atoms with Gasteiger partial charge in [-0.2, -0.15) is 5.26 Å². The summed E-state index contributed by atoms with van der Waals surface area (Å²) in [7, 11) is 0. The van der Waals surface area contributed by atoms with Crippen molar-refractivity contribution in [3.8, 4) is 6.07 Å². The van der Waals surface area contributed by atoms with Gasteiger partial charge in [0.25, 0.3) is 0 Å². The number of nitrogens with one attached hydrogen (secondary N) is 1. The van der Waals surface area contributed by atoms with Crippen molar-refractivity contribution in [2.75, 3.05) is 5.32 Å². The Bertz CT molecular complexity index is 1340. The molecule has 0 saturated carbocycles. The minimum atomic E-state index is -0.539. The molecule has 0 spiro atoms. The van der Waals surface area contributed by atoms with Crippen LogP contribution in [0.1, 0.15) is 17.5 Å². The van der Waals surface area contributed by atoms with Crippen LogP contribution in [0.25, 0.3) is 11.1 Å². The zero-order chi connectivity index (χ0) is 21.8. The molecular weight excluding hydrogens is 458 g/mol. The number of rotatable bonds is 7. The van der Waals surface area contributed by atoms with Gasteiger partial charge in [-0.05, 0) is 29.8 Å². The van der Waals surface area contributed by atoms with Crippen molar-refractivity contribution in [2.24, 2.45) is 0 Å². The predicted octanol–water partition coefficient (Wildman–Crippen LogP) is 4.29. The van der Waals surface area contributed by atoms with Gasteiger partial charge in [0.2, 0.25) is 11.0 Å². The van der Waals surface area contributed by atoms with Gasteiger partial charge in [-0.15, -0.1) is 10.2 Å². The van der Waals surface area contributed by atoms with E-state index in [2.05, 4.69) is 21.6 Å². The molecule has 0 aliphatic heterocycles. The number of amides is 1. The van der Waals surface area contributed by atoms with Crippen LogP contribution in [0, 0.1) is 11.3 Å². The number of carbonyl (C=O) groups excluding carboxylic acids is 1. The Morgan fingerprint density at radius 2 is 2.06 bits per heavy atom. The Kier molecular flexibility index (Phi) is 6.36. The number of halogens is 1. The Morgan fingerprint density at radius 1 is 1.26 bits per heavy atom. The molecule has 0 fully saturated rings. The van der Waals surface area contributed by atoms with Crippen molar-refractivity contribution in [2.45, 2.75) is 23.1 Å². The molecule has 1 N–H and O–H groups in total. The lowest BCUT2D eigenvalue weighted by atomic mass is 10.2. The first-order chi connectivity index (χ1) is 15.0. The van der Waals surface area contributed by atoms with E-state index in [0.717, 1.165) is 5.56 Å². The minimum Gasteiger partial charge on any atom is -0.408 e. The molecule has 31 heavy (non-hydrogen) atoms. The number of nitrogens with zero attached hydrogens (tertiary/aromatic N) is 4. The lowest BCUT2D eigenvalue weighted by molar-refractivity contribution is -0.116. The molecule has 0 atom stereocenters. The number of nitriles is 1. The average Bonchev–Trinajstić information content (AvgIpc) is 3.33. The van der Waals surface area contributed by atoms with E-state index in [0.29, 0.717) is 36.9 Å². The summed E-state index contributed by atoms with van der Waals surface area (Å²) in [6.07, 6.45) is 0.0739. The summed E-state index contributed by atoms with van der Waals surface area (Å²) in [6, 6.07) is 14.3. The molecule has 0 bridgehead atoms. The topological polar surface area (TPSA) is 114 Å². The number of hydrogen-bond acceptors (Lipinski definition) is 8. The molecule has 0 unspecified atom stereocenters. The van der Waals surface area contributed by atoms with Gasteiger partial charge < -0.3 is 9.73 Å². The molecule has 156 valence electrons. The van der Waals surface area contributed by atoms with E-state index in [9.17, 15) is 9.59 Å². The number of benzene rings is 2. The molecule has 4 rings (SSSR count). The molecule has 1 amide bonds. The van der Waals surface area contributed by atoms with E-state index in [1.54, 1.807) is 30.3 Å². The Labute approximate surface area is 189 Å². The molecule has 0 aliphatic carbocycles. The first-order valence-electron chi connectivity index (χ1n) is 9.06. The molecule has 0 saturated heterocycles. The molecular formula is C20H14ClN5O3S2. The first-order valence-corrected chi connectivity index (χ1v) is 11.2. The molecule has 11 heteroatoms. The van der Waals surface area contributed by atoms with Crippen molar-refractivity contribution >= 4 is 56.8 Å². The van der Waals surface area contributed by atoms with Crippen molar-refractivity contribution in [3.05, 3.63) is 69.2 Å². The largest absolute Gasteiger partial charge is 0.419 e. The summed E-state index contributed by atoms with van der Waals surface area (Å²) in [5.74, 6) is -0.146. The van der Waals surface area contributed by atoms with Gasteiger partial charge in [-0.1, -0.05) is 46.8 Å². The van der Waals surface area contributed by atoms with Crippen molar-refractivity contribution in [1.82, 2.24) is 14.8 Å². The van der Waals surface area contributed by atoms with E-state index in [-0.39, 0.29) is 18.9 Å². The third kappa shape index (κ3) is 5.14. The normalized spacial score (nSPS) is 10.8. The van der Waals surface area contributed by atoms with Crippen LogP contribution in [0.4, 0.5) is 5.13 Å². The van der Waals surface area contributed by atoms with Crippen LogP contribution in [-0.2, 0) is 17.1 Å². The van der Waals surface area contributed by atoms with E-state index in [4.69, 9.17) is 21.3 Å². The number of carbonyl (C=O) groups is 1. The smallest absolute Gasteiger partial charge is 0.408 e. The van der Waals surface area contributed by atoms with Crippen LogP contribution < -0.4 is 11.1 Å².